The van der Waals surface area contributed by atoms with Gasteiger partial charge in [-0.1, -0.05) is 30.3 Å². The Bertz CT molecular complexity index is 381. The van der Waals surface area contributed by atoms with Gasteiger partial charge >= 0.3 is 6.09 Å². The van der Waals surface area contributed by atoms with E-state index in [-0.39, 0.29) is 18.9 Å². The van der Waals surface area contributed by atoms with Crippen molar-refractivity contribution in [2.24, 2.45) is 0 Å². The van der Waals surface area contributed by atoms with Gasteiger partial charge in [-0.25, -0.2) is 10.2 Å². The summed E-state index contributed by atoms with van der Waals surface area (Å²) in [6, 6.07) is 9.25. The zero-order valence-electron chi connectivity index (χ0n) is 10.1. The fourth-order valence-electron chi connectivity index (χ4n) is 1.14. The molecule has 0 fully saturated rings. The van der Waals surface area contributed by atoms with Crippen molar-refractivity contribution in [2.45, 2.75) is 13.0 Å². The standard InChI is InChI=1S/C12H16N2O4/c1-17-8-7-11(15)13-14-12(16)18-9-10-5-3-2-4-6-10/h2-6H,7-9H2,1H3,(H,13,15)(H,14,16). The van der Waals surface area contributed by atoms with Gasteiger partial charge in [0.2, 0.25) is 5.91 Å². The number of carbonyl (C=O) groups is 2. The van der Waals surface area contributed by atoms with Crippen LogP contribution in [0.5, 0.6) is 0 Å². The molecule has 0 bridgehead atoms. The van der Waals surface area contributed by atoms with Crippen molar-refractivity contribution in [3.8, 4) is 0 Å². The number of hydrazine groups is 1. The number of methoxy groups -OCH3 is 1. The van der Waals surface area contributed by atoms with Crippen molar-refractivity contribution < 1.29 is 19.1 Å². The highest BCUT2D eigenvalue weighted by Gasteiger charge is 2.05. The van der Waals surface area contributed by atoms with Crippen molar-refractivity contribution in [1.82, 2.24) is 10.9 Å². The summed E-state index contributed by atoms with van der Waals surface area (Å²) in [5.41, 5.74) is 5.23. The molecular weight excluding hydrogens is 236 g/mol. The molecule has 2 amide bonds. The smallest absolute Gasteiger partial charge is 0.426 e. The van der Waals surface area contributed by atoms with Gasteiger partial charge in [-0.3, -0.25) is 10.2 Å². The van der Waals surface area contributed by atoms with E-state index in [1.807, 2.05) is 30.3 Å². The van der Waals surface area contributed by atoms with E-state index in [1.54, 1.807) is 0 Å². The second-order valence-electron chi connectivity index (χ2n) is 3.48. The van der Waals surface area contributed by atoms with Gasteiger partial charge in [0.25, 0.3) is 0 Å². The van der Waals surface area contributed by atoms with Crippen LogP contribution in [0.4, 0.5) is 4.79 Å². The Morgan fingerprint density at radius 2 is 1.89 bits per heavy atom. The van der Waals surface area contributed by atoms with Gasteiger partial charge in [-0.15, -0.1) is 0 Å². The molecule has 0 unspecified atom stereocenters. The summed E-state index contributed by atoms with van der Waals surface area (Å²) in [5.74, 6) is -0.339. The third-order valence-electron chi connectivity index (χ3n) is 2.05. The molecule has 1 rings (SSSR count). The highest BCUT2D eigenvalue weighted by atomic mass is 16.6. The summed E-state index contributed by atoms with van der Waals surface area (Å²) < 4.78 is 9.61. The van der Waals surface area contributed by atoms with E-state index in [9.17, 15) is 9.59 Å². The number of amides is 2. The van der Waals surface area contributed by atoms with Gasteiger partial charge in [0, 0.05) is 7.11 Å². The third-order valence-corrected chi connectivity index (χ3v) is 2.05. The van der Waals surface area contributed by atoms with Crippen molar-refractivity contribution in [3.05, 3.63) is 35.9 Å². The minimum Gasteiger partial charge on any atom is -0.443 e. The molecule has 1 aromatic carbocycles. The van der Waals surface area contributed by atoms with E-state index in [0.717, 1.165) is 5.56 Å². The van der Waals surface area contributed by atoms with E-state index in [2.05, 4.69) is 10.9 Å². The minimum atomic E-state index is -0.704. The van der Waals surface area contributed by atoms with Gasteiger partial charge in [-0.05, 0) is 5.56 Å². The second-order valence-corrected chi connectivity index (χ2v) is 3.48. The maximum Gasteiger partial charge on any atom is 0.426 e. The fraction of sp³-hybridized carbons (Fsp3) is 0.333. The third kappa shape index (κ3) is 5.86. The summed E-state index contributed by atoms with van der Waals surface area (Å²) in [5, 5.41) is 0. The molecule has 6 nitrogen and oxygen atoms in total. The molecule has 2 N–H and O–H groups in total. The highest BCUT2D eigenvalue weighted by Crippen LogP contribution is 1.99. The SMILES string of the molecule is COCCC(=O)NNC(=O)OCc1ccccc1. The van der Waals surface area contributed by atoms with Gasteiger partial charge < -0.3 is 9.47 Å². The predicted octanol–water partition coefficient (Wildman–Crippen LogP) is 0.981. The Morgan fingerprint density at radius 3 is 2.56 bits per heavy atom. The van der Waals surface area contributed by atoms with Gasteiger partial charge in [0.1, 0.15) is 6.61 Å². The first-order valence-corrected chi connectivity index (χ1v) is 5.47. The van der Waals surface area contributed by atoms with Gasteiger partial charge in [0.05, 0.1) is 13.0 Å². The average molecular weight is 252 g/mol. The van der Waals surface area contributed by atoms with Crippen LogP contribution in [0.15, 0.2) is 30.3 Å². The number of benzene rings is 1. The lowest BCUT2D eigenvalue weighted by atomic mass is 10.2. The van der Waals surface area contributed by atoms with Crippen LogP contribution in [0.25, 0.3) is 0 Å². The first-order valence-electron chi connectivity index (χ1n) is 5.47. The molecule has 0 aromatic heterocycles. The molecule has 0 heterocycles. The molecule has 0 aliphatic rings. The molecular formula is C12H16N2O4. The summed E-state index contributed by atoms with van der Waals surface area (Å²) in [4.78, 5) is 22.3. The lowest BCUT2D eigenvalue weighted by molar-refractivity contribution is -0.122. The number of nitrogens with one attached hydrogen (secondary N) is 2. The largest absolute Gasteiger partial charge is 0.443 e. The molecule has 0 radical (unpaired) electrons. The molecule has 1 aromatic rings. The van der Waals surface area contributed by atoms with E-state index in [1.165, 1.54) is 7.11 Å². The minimum absolute atomic E-state index is 0.153. The number of hydrogen-bond donors (Lipinski definition) is 2. The Hall–Kier alpha value is -2.08. The van der Waals surface area contributed by atoms with Crippen molar-refractivity contribution in [2.75, 3.05) is 13.7 Å². The number of carbonyl (C=O) groups excluding carboxylic acids is 2. The zero-order chi connectivity index (χ0) is 13.2. The van der Waals surface area contributed by atoms with Crippen LogP contribution in [0.1, 0.15) is 12.0 Å². The Kier molecular flexibility index (Phi) is 6.27. The summed E-state index contributed by atoms with van der Waals surface area (Å²) >= 11 is 0. The molecule has 0 atom stereocenters. The Labute approximate surface area is 105 Å². The van der Waals surface area contributed by atoms with Crippen LogP contribution in [-0.2, 0) is 20.9 Å². The molecule has 0 saturated heterocycles. The monoisotopic (exact) mass is 252 g/mol. The van der Waals surface area contributed by atoms with Crippen LogP contribution in [0, 0.1) is 0 Å². The lowest BCUT2D eigenvalue weighted by Gasteiger charge is -2.08. The van der Waals surface area contributed by atoms with Gasteiger partial charge in [-0.2, -0.15) is 0 Å². The summed E-state index contributed by atoms with van der Waals surface area (Å²) in [7, 11) is 1.49. The van der Waals surface area contributed by atoms with Crippen molar-refractivity contribution in [1.29, 1.82) is 0 Å². The normalized spacial score (nSPS) is 9.61. The fourth-order valence-corrected chi connectivity index (χ4v) is 1.14. The number of rotatable bonds is 5. The summed E-state index contributed by atoms with van der Waals surface area (Å²) in [6.45, 7) is 0.452. The van der Waals surface area contributed by atoms with Crippen molar-refractivity contribution >= 4 is 12.0 Å². The predicted molar refractivity (Wildman–Crippen MR) is 64.4 cm³/mol. The highest BCUT2D eigenvalue weighted by molar-refractivity contribution is 5.79. The summed E-state index contributed by atoms with van der Waals surface area (Å²) in [6.07, 6.45) is -0.528. The van der Waals surface area contributed by atoms with Crippen LogP contribution in [0.2, 0.25) is 0 Å². The van der Waals surface area contributed by atoms with E-state index in [4.69, 9.17) is 9.47 Å². The van der Waals surface area contributed by atoms with Gasteiger partial charge in [0.15, 0.2) is 0 Å². The van der Waals surface area contributed by atoms with Crippen LogP contribution >= 0.6 is 0 Å². The number of hydrogen-bond acceptors (Lipinski definition) is 4. The Morgan fingerprint density at radius 1 is 1.17 bits per heavy atom. The molecule has 0 saturated carbocycles. The molecule has 0 spiro atoms. The first kappa shape index (κ1) is 14.0. The van der Waals surface area contributed by atoms with E-state index < -0.39 is 6.09 Å². The molecule has 6 heteroatoms. The quantitative estimate of drug-likeness (QED) is 0.766. The number of ether oxygens (including phenoxy) is 2. The Balaban J connectivity index is 2.16. The first-order chi connectivity index (χ1) is 8.72. The molecule has 0 aliphatic carbocycles. The second kappa shape index (κ2) is 8.08. The maximum absolute atomic E-state index is 11.2. The zero-order valence-corrected chi connectivity index (χ0v) is 10.1. The molecule has 98 valence electrons. The molecule has 0 aliphatic heterocycles. The van der Waals surface area contributed by atoms with Crippen molar-refractivity contribution in [3.63, 3.8) is 0 Å². The average Bonchev–Trinajstić information content (AvgIpc) is 2.41. The van der Waals surface area contributed by atoms with E-state index >= 15 is 0 Å². The van der Waals surface area contributed by atoms with E-state index in [0.29, 0.717) is 6.61 Å². The molecule has 18 heavy (non-hydrogen) atoms. The topological polar surface area (TPSA) is 76.7 Å². The van der Waals surface area contributed by atoms with Crippen LogP contribution in [0.3, 0.4) is 0 Å². The van der Waals surface area contributed by atoms with Crippen LogP contribution in [-0.4, -0.2) is 25.7 Å². The maximum atomic E-state index is 11.2. The lowest BCUT2D eigenvalue weighted by Crippen LogP contribution is -2.42. The van der Waals surface area contributed by atoms with Crippen LogP contribution < -0.4 is 10.9 Å².